The quantitative estimate of drug-likeness (QED) is 0.860. The van der Waals surface area contributed by atoms with Crippen molar-refractivity contribution in [3.8, 4) is 11.5 Å². The molecule has 90 valence electrons. The summed E-state index contributed by atoms with van der Waals surface area (Å²) in [6.45, 7) is 5.45. The van der Waals surface area contributed by atoms with Crippen molar-refractivity contribution < 1.29 is 14.3 Å². The molecule has 0 atom stereocenters. The molecule has 0 saturated heterocycles. The number of carbonyl (C=O) groups excluding carboxylic acids is 1. The highest BCUT2D eigenvalue weighted by Crippen LogP contribution is 2.28. The summed E-state index contributed by atoms with van der Waals surface area (Å²) in [5.74, 6) is 1.14. The Kier molecular flexibility index (Phi) is 6.76. The van der Waals surface area contributed by atoms with Crippen molar-refractivity contribution in [3.05, 3.63) is 18.2 Å². The predicted molar refractivity (Wildman–Crippen MR) is 65.2 cm³/mol. The maximum absolute atomic E-state index is 10.8. The minimum Gasteiger partial charge on any atom is -0.497 e. The van der Waals surface area contributed by atoms with E-state index in [4.69, 9.17) is 9.47 Å². The summed E-state index contributed by atoms with van der Waals surface area (Å²) in [4.78, 5) is 10.8. The molecule has 1 aromatic carbocycles. The molecule has 4 heteroatoms. The van der Waals surface area contributed by atoms with Gasteiger partial charge in [0, 0.05) is 13.0 Å². The Morgan fingerprint density at radius 3 is 2.25 bits per heavy atom. The maximum atomic E-state index is 10.8. The molecule has 0 aromatic heterocycles. The molecule has 0 heterocycles. The molecule has 1 N–H and O–H groups in total. The molecule has 0 spiro atoms. The first-order valence-corrected chi connectivity index (χ1v) is 5.17. The van der Waals surface area contributed by atoms with Crippen molar-refractivity contribution >= 4 is 11.6 Å². The van der Waals surface area contributed by atoms with Crippen LogP contribution in [0.2, 0.25) is 0 Å². The molecule has 1 rings (SSSR count). The van der Waals surface area contributed by atoms with Crippen LogP contribution in [0.3, 0.4) is 0 Å². The van der Waals surface area contributed by atoms with E-state index in [0.717, 1.165) is 0 Å². The Labute approximate surface area is 96.6 Å². The van der Waals surface area contributed by atoms with Crippen LogP contribution in [0.25, 0.3) is 0 Å². The van der Waals surface area contributed by atoms with E-state index in [9.17, 15) is 4.79 Å². The van der Waals surface area contributed by atoms with Crippen LogP contribution in [-0.4, -0.2) is 20.1 Å². The fraction of sp³-hybridized carbons (Fsp3) is 0.417. The number of nitrogens with one attached hydrogen (secondary N) is 1. The second kappa shape index (κ2) is 7.56. The second-order valence-electron chi connectivity index (χ2n) is 2.75. The fourth-order valence-electron chi connectivity index (χ4n) is 1.09. The van der Waals surface area contributed by atoms with Crippen molar-refractivity contribution in [1.82, 2.24) is 0 Å². The number of carbonyl (C=O) groups is 1. The van der Waals surface area contributed by atoms with Gasteiger partial charge in [-0.1, -0.05) is 13.8 Å². The van der Waals surface area contributed by atoms with Gasteiger partial charge in [0.25, 0.3) is 0 Å². The highest BCUT2D eigenvalue weighted by atomic mass is 16.5. The third kappa shape index (κ3) is 4.21. The number of hydrogen-bond donors (Lipinski definition) is 1. The molecule has 0 aliphatic carbocycles. The van der Waals surface area contributed by atoms with Crippen LogP contribution in [0.5, 0.6) is 11.5 Å². The SMILES string of the molecule is CC.COc1ccc(NC(C)=O)c(OC)c1. The lowest BCUT2D eigenvalue weighted by Gasteiger charge is -2.09. The van der Waals surface area contributed by atoms with Gasteiger partial charge < -0.3 is 14.8 Å². The van der Waals surface area contributed by atoms with E-state index in [1.54, 1.807) is 32.4 Å². The average molecular weight is 225 g/mol. The predicted octanol–water partition coefficient (Wildman–Crippen LogP) is 2.69. The van der Waals surface area contributed by atoms with E-state index in [2.05, 4.69) is 5.32 Å². The smallest absolute Gasteiger partial charge is 0.221 e. The molecule has 0 unspecified atom stereocenters. The van der Waals surface area contributed by atoms with Crippen molar-refractivity contribution in [2.75, 3.05) is 19.5 Å². The lowest BCUT2D eigenvalue weighted by atomic mass is 10.2. The third-order valence-corrected chi connectivity index (χ3v) is 1.72. The zero-order valence-electron chi connectivity index (χ0n) is 10.5. The van der Waals surface area contributed by atoms with Crippen molar-refractivity contribution in [3.63, 3.8) is 0 Å². The van der Waals surface area contributed by atoms with Gasteiger partial charge in [-0.05, 0) is 12.1 Å². The van der Waals surface area contributed by atoms with Gasteiger partial charge in [0.2, 0.25) is 5.91 Å². The van der Waals surface area contributed by atoms with Gasteiger partial charge in [0.05, 0.1) is 19.9 Å². The molecule has 0 radical (unpaired) electrons. The zero-order chi connectivity index (χ0) is 12.6. The molecule has 0 aliphatic heterocycles. The van der Waals surface area contributed by atoms with E-state index in [0.29, 0.717) is 17.2 Å². The average Bonchev–Trinajstić information content (AvgIpc) is 2.31. The Bertz CT molecular complexity index is 337. The molecular weight excluding hydrogens is 206 g/mol. The van der Waals surface area contributed by atoms with Crippen molar-refractivity contribution in [2.45, 2.75) is 20.8 Å². The van der Waals surface area contributed by atoms with E-state index >= 15 is 0 Å². The number of hydrogen-bond acceptors (Lipinski definition) is 3. The van der Waals surface area contributed by atoms with Crippen LogP contribution >= 0.6 is 0 Å². The summed E-state index contributed by atoms with van der Waals surface area (Å²) in [7, 11) is 3.12. The zero-order valence-corrected chi connectivity index (χ0v) is 10.5. The molecule has 0 bridgehead atoms. The van der Waals surface area contributed by atoms with Crippen LogP contribution in [0.4, 0.5) is 5.69 Å². The van der Waals surface area contributed by atoms with Crippen LogP contribution < -0.4 is 14.8 Å². The van der Waals surface area contributed by atoms with E-state index in [-0.39, 0.29) is 5.91 Å². The first-order valence-electron chi connectivity index (χ1n) is 5.17. The third-order valence-electron chi connectivity index (χ3n) is 1.72. The number of methoxy groups -OCH3 is 2. The highest BCUT2D eigenvalue weighted by Gasteiger charge is 2.05. The molecule has 1 aromatic rings. The summed E-state index contributed by atoms with van der Waals surface area (Å²) in [6, 6.07) is 5.21. The lowest BCUT2D eigenvalue weighted by molar-refractivity contribution is -0.114. The van der Waals surface area contributed by atoms with E-state index in [1.165, 1.54) is 6.92 Å². The summed E-state index contributed by atoms with van der Waals surface area (Å²) >= 11 is 0. The van der Waals surface area contributed by atoms with Crippen LogP contribution in [0.1, 0.15) is 20.8 Å². The normalized spacial score (nSPS) is 8.56. The lowest BCUT2D eigenvalue weighted by Crippen LogP contribution is -2.07. The number of anilines is 1. The van der Waals surface area contributed by atoms with Gasteiger partial charge in [-0.25, -0.2) is 0 Å². The highest BCUT2D eigenvalue weighted by molar-refractivity contribution is 5.90. The van der Waals surface area contributed by atoms with Crippen molar-refractivity contribution in [1.29, 1.82) is 0 Å². The molecular formula is C12H19NO3. The first-order chi connectivity index (χ1) is 7.67. The molecule has 1 amide bonds. The van der Waals surface area contributed by atoms with Crippen LogP contribution in [0.15, 0.2) is 18.2 Å². The number of ether oxygens (including phenoxy) is 2. The Hall–Kier alpha value is -1.71. The number of amides is 1. The second-order valence-corrected chi connectivity index (χ2v) is 2.75. The topological polar surface area (TPSA) is 47.6 Å². The minimum absolute atomic E-state index is 0.131. The monoisotopic (exact) mass is 225 g/mol. The standard InChI is InChI=1S/C10H13NO3.C2H6/c1-7(12)11-9-5-4-8(13-2)6-10(9)14-3;1-2/h4-6H,1-3H3,(H,11,12);1-2H3. The van der Waals surface area contributed by atoms with Crippen LogP contribution in [-0.2, 0) is 4.79 Å². The summed E-state index contributed by atoms with van der Waals surface area (Å²) in [5.41, 5.74) is 0.640. The van der Waals surface area contributed by atoms with Gasteiger partial charge in [-0.15, -0.1) is 0 Å². The number of rotatable bonds is 3. The minimum atomic E-state index is -0.131. The largest absolute Gasteiger partial charge is 0.497 e. The van der Waals surface area contributed by atoms with Gasteiger partial charge >= 0.3 is 0 Å². The Balaban J connectivity index is 0.00000106. The van der Waals surface area contributed by atoms with Crippen molar-refractivity contribution in [2.24, 2.45) is 0 Å². The van der Waals surface area contributed by atoms with Gasteiger partial charge in [-0.2, -0.15) is 0 Å². The maximum Gasteiger partial charge on any atom is 0.221 e. The summed E-state index contributed by atoms with van der Waals surface area (Å²) in [6.07, 6.45) is 0. The molecule has 0 saturated carbocycles. The molecule has 16 heavy (non-hydrogen) atoms. The molecule has 0 aliphatic rings. The molecule has 4 nitrogen and oxygen atoms in total. The first kappa shape index (κ1) is 14.3. The Morgan fingerprint density at radius 2 is 1.81 bits per heavy atom. The van der Waals surface area contributed by atoms with E-state index in [1.807, 2.05) is 13.8 Å². The van der Waals surface area contributed by atoms with Gasteiger partial charge in [-0.3, -0.25) is 4.79 Å². The Morgan fingerprint density at radius 1 is 1.19 bits per heavy atom. The summed E-state index contributed by atoms with van der Waals surface area (Å²) in [5, 5.41) is 2.66. The fourth-order valence-corrected chi connectivity index (χ4v) is 1.09. The molecule has 0 fully saturated rings. The van der Waals surface area contributed by atoms with Crippen LogP contribution in [0, 0.1) is 0 Å². The van der Waals surface area contributed by atoms with Gasteiger partial charge in [0.1, 0.15) is 11.5 Å². The summed E-state index contributed by atoms with van der Waals surface area (Å²) < 4.78 is 10.1. The van der Waals surface area contributed by atoms with Gasteiger partial charge in [0.15, 0.2) is 0 Å². The van der Waals surface area contributed by atoms with E-state index < -0.39 is 0 Å². The number of benzene rings is 1.